The van der Waals surface area contributed by atoms with Crippen molar-refractivity contribution in [3.05, 3.63) is 35.4 Å². The van der Waals surface area contributed by atoms with Crippen LogP contribution in [0, 0.1) is 0 Å². The zero-order chi connectivity index (χ0) is 14.6. The third kappa shape index (κ3) is 4.04. The van der Waals surface area contributed by atoms with Crippen LogP contribution in [-0.2, 0) is 22.3 Å². The highest BCUT2D eigenvalue weighted by molar-refractivity contribution is 7.88. The maximum atomic E-state index is 12.5. The van der Waals surface area contributed by atoms with Crippen molar-refractivity contribution in [2.45, 2.75) is 44.5 Å². The minimum atomic E-state index is -3.18. The number of rotatable bonds is 8. The lowest BCUT2D eigenvalue weighted by Crippen LogP contribution is -2.34. The van der Waals surface area contributed by atoms with Crippen molar-refractivity contribution < 1.29 is 8.42 Å². The predicted molar refractivity (Wildman–Crippen MR) is 81.8 cm³/mol. The average molecular weight is 296 g/mol. The third-order valence-electron chi connectivity index (χ3n) is 3.51. The van der Waals surface area contributed by atoms with Crippen molar-refractivity contribution >= 4 is 10.0 Å². The first kappa shape index (κ1) is 15.5. The zero-order valence-electron chi connectivity index (χ0n) is 12.3. The number of nitrogens with zero attached hydrogens (tertiary/aromatic N) is 1. The van der Waals surface area contributed by atoms with Gasteiger partial charge in [-0.2, -0.15) is 4.31 Å². The van der Waals surface area contributed by atoms with E-state index in [2.05, 4.69) is 5.32 Å². The molecule has 1 N–H and O–H groups in total. The van der Waals surface area contributed by atoms with Crippen molar-refractivity contribution in [1.82, 2.24) is 9.62 Å². The number of nitrogens with one attached hydrogen (secondary N) is 1. The summed E-state index contributed by atoms with van der Waals surface area (Å²) in [5.74, 6) is 0.114. The van der Waals surface area contributed by atoms with Crippen molar-refractivity contribution in [3.63, 3.8) is 0 Å². The lowest BCUT2D eigenvalue weighted by atomic mass is 10.1. The van der Waals surface area contributed by atoms with Crippen LogP contribution in [0.2, 0.25) is 0 Å². The quantitative estimate of drug-likeness (QED) is 0.799. The van der Waals surface area contributed by atoms with E-state index in [1.165, 1.54) is 5.56 Å². The first-order valence-electron chi connectivity index (χ1n) is 7.28. The van der Waals surface area contributed by atoms with Crippen LogP contribution in [0.5, 0.6) is 0 Å². The normalized spacial score (nSPS) is 15.8. The average Bonchev–Trinajstić information content (AvgIpc) is 3.22. The highest BCUT2D eigenvalue weighted by Gasteiger charge is 2.36. The van der Waals surface area contributed by atoms with Gasteiger partial charge in [0.25, 0.3) is 0 Å². The second-order valence-electron chi connectivity index (χ2n) is 5.44. The maximum Gasteiger partial charge on any atom is 0.218 e. The van der Waals surface area contributed by atoms with Crippen molar-refractivity contribution in [3.8, 4) is 0 Å². The fourth-order valence-corrected chi connectivity index (χ4v) is 4.29. The molecular formula is C15H24N2O2S. The van der Waals surface area contributed by atoms with E-state index >= 15 is 0 Å². The molecule has 0 aromatic heterocycles. The minimum Gasteiger partial charge on any atom is -0.316 e. The van der Waals surface area contributed by atoms with Gasteiger partial charge < -0.3 is 5.32 Å². The van der Waals surface area contributed by atoms with Crippen molar-refractivity contribution in [2.75, 3.05) is 13.6 Å². The first-order chi connectivity index (χ1) is 9.56. The number of sulfonamides is 1. The molecule has 0 aliphatic heterocycles. The molecule has 0 bridgehead atoms. The van der Waals surface area contributed by atoms with Crippen molar-refractivity contribution in [2.24, 2.45) is 0 Å². The van der Waals surface area contributed by atoms with Gasteiger partial charge in [-0.3, -0.25) is 0 Å². The van der Waals surface area contributed by atoms with E-state index in [-0.39, 0.29) is 11.8 Å². The molecule has 0 unspecified atom stereocenters. The third-order valence-corrected chi connectivity index (χ3v) is 5.40. The second-order valence-corrected chi connectivity index (χ2v) is 7.37. The fourth-order valence-electron chi connectivity index (χ4n) is 2.38. The monoisotopic (exact) mass is 296 g/mol. The molecule has 20 heavy (non-hydrogen) atoms. The Morgan fingerprint density at radius 3 is 2.30 bits per heavy atom. The second kappa shape index (κ2) is 6.70. The van der Waals surface area contributed by atoms with Crippen molar-refractivity contribution in [1.29, 1.82) is 0 Å². The molecule has 5 heteroatoms. The Morgan fingerprint density at radius 1 is 1.20 bits per heavy atom. The molecule has 1 saturated carbocycles. The summed E-state index contributed by atoms with van der Waals surface area (Å²) in [5, 5.41) is 3.08. The van der Waals surface area contributed by atoms with Gasteiger partial charge in [0.2, 0.25) is 10.0 Å². The van der Waals surface area contributed by atoms with Crippen LogP contribution >= 0.6 is 0 Å². The number of hydrogen-bond acceptors (Lipinski definition) is 3. The molecule has 1 aromatic carbocycles. The van der Waals surface area contributed by atoms with E-state index in [1.54, 1.807) is 4.31 Å². The van der Waals surface area contributed by atoms with Gasteiger partial charge in [-0.1, -0.05) is 31.2 Å². The molecule has 0 heterocycles. The molecule has 4 nitrogen and oxygen atoms in total. The summed E-state index contributed by atoms with van der Waals surface area (Å²) < 4.78 is 26.7. The van der Waals surface area contributed by atoms with Crippen LogP contribution in [0.1, 0.15) is 37.3 Å². The van der Waals surface area contributed by atoms with Crippen LogP contribution in [-0.4, -0.2) is 32.4 Å². The molecule has 1 aliphatic rings. The molecular weight excluding hydrogens is 272 g/mol. The summed E-state index contributed by atoms with van der Waals surface area (Å²) >= 11 is 0. The summed E-state index contributed by atoms with van der Waals surface area (Å²) in [5.41, 5.74) is 2.04. The number of benzene rings is 1. The molecule has 1 aliphatic carbocycles. The summed E-state index contributed by atoms with van der Waals surface area (Å²) in [6.07, 6.45) is 2.90. The van der Waals surface area contributed by atoms with Gasteiger partial charge in [-0.05, 0) is 37.4 Å². The van der Waals surface area contributed by atoms with E-state index in [0.717, 1.165) is 31.4 Å². The maximum absolute atomic E-state index is 12.5. The van der Waals surface area contributed by atoms with Gasteiger partial charge in [0.15, 0.2) is 0 Å². The van der Waals surface area contributed by atoms with Gasteiger partial charge in [0.1, 0.15) is 0 Å². The van der Waals surface area contributed by atoms with Crippen LogP contribution in [0.4, 0.5) is 0 Å². The number of hydrogen-bond donors (Lipinski definition) is 1. The Hall–Kier alpha value is -0.910. The van der Waals surface area contributed by atoms with Crippen LogP contribution in [0.15, 0.2) is 24.3 Å². The standard InChI is InChI=1S/C15H24N2O2S/c1-3-10-17(15-8-9-15)20(18,19)12-14-6-4-13(5-7-14)11-16-2/h4-7,15-16H,3,8-12H2,1-2H3. The first-order valence-corrected chi connectivity index (χ1v) is 8.89. The molecule has 0 radical (unpaired) electrons. The van der Waals surface area contributed by atoms with Crippen LogP contribution < -0.4 is 5.32 Å². The Morgan fingerprint density at radius 2 is 1.80 bits per heavy atom. The minimum absolute atomic E-state index is 0.114. The molecule has 0 spiro atoms. The molecule has 1 fully saturated rings. The Balaban J connectivity index is 2.06. The Bertz CT molecular complexity index is 521. The topological polar surface area (TPSA) is 49.4 Å². The Kier molecular flexibility index (Phi) is 5.18. The molecule has 2 rings (SSSR count). The molecule has 0 amide bonds. The summed E-state index contributed by atoms with van der Waals surface area (Å²) in [6, 6.07) is 8.07. The fraction of sp³-hybridized carbons (Fsp3) is 0.600. The van der Waals surface area contributed by atoms with Gasteiger partial charge in [0, 0.05) is 19.1 Å². The predicted octanol–water partition coefficient (Wildman–Crippen LogP) is 2.11. The highest BCUT2D eigenvalue weighted by atomic mass is 32.2. The summed E-state index contributed by atoms with van der Waals surface area (Å²) in [7, 11) is -1.28. The highest BCUT2D eigenvalue weighted by Crippen LogP contribution is 2.30. The van der Waals surface area contributed by atoms with Gasteiger partial charge in [-0.25, -0.2) is 8.42 Å². The summed E-state index contributed by atoms with van der Waals surface area (Å²) in [6.45, 7) is 3.47. The van der Waals surface area contributed by atoms with Crippen LogP contribution in [0.25, 0.3) is 0 Å². The molecule has 112 valence electrons. The van der Waals surface area contributed by atoms with Gasteiger partial charge >= 0.3 is 0 Å². The van der Waals surface area contributed by atoms with Gasteiger partial charge in [-0.15, -0.1) is 0 Å². The molecule has 1 aromatic rings. The van der Waals surface area contributed by atoms with E-state index < -0.39 is 10.0 Å². The molecule has 0 atom stereocenters. The van der Waals surface area contributed by atoms with Crippen LogP contribution in [0.3, 0.4) is 0 Å². The zero-order valence-corrected chi connectivity index (χ0v) is 13.1. The largest absolute Gasteiger partial charge is 0.316 e. The molecule has 0 saturated heterocycles. The summed E-state index contributed by atoms with van der Waals surface area (Å²) in [4.78, 5) is 0. The van der Waals surface area contributed by atoms with E-state index in [1.807, 2.05) is 38.2 Å². The van der Waals surface area contributed by atoms with E-state index in [0.29, 0.717) is 6.54 Å². The lowest BCUT2D eigenvalue weighted by molar-refractivity contribution is 0.402. The smallest absolute Gasteiger partial charge is 0.218 e. The SMILES string of the molecule is CCCN(C1CC1)S(=O)(=O)Cc1ccc(CNC)cc1. The van der Waals surface area contributed by atoms with E-state index in [9.17, 15) is 8.42 Å². The van der Waals surface area contributed by atoms with E-state index in [4.69, 9.17) is 0 Å². The lowest BCUT2D eigenvalue weighted by Gasteiger charge is -2.21. The Labute approximate surface area is 122 Å². The van der Waals surface area contributed by atoms with Gasteiger partial charge in [0.05, 0.1) is 5.75 Å².